The van der Waals surface area contributed by atoms with Crippen LogP contribution < -0.4 is 4.72 Å². The Morgan fingerprint density at radius 2 is 2.00 bits per heavy atom. The predicted molar refractivity (Wildman–Crippen MR) is 92.9 cm³/mol. The SMILES string of the molecule is COC(=O)c1cncc(S(=O)(=O)Nc2ccc3c(c2)CN(CC(F)F)C3)c1. The second kappa shape index (κ2) is 7.57. The molecule has 3 rings (SSSR count). The lowest BCUT2D eigenvalue weighted by atomic mass is 10.1. The minimum atomic E-state index is -3.98. The van der Waals surface area contributed by atoms with Gasteiger partial charge in [0.15, 0.2) is 0 Å². The first-order valence-electron chi connectivity index (χ1n) is 7.97. The number of methoxy groups -OCH3 is 1. The number of hydrogen-bond donors (Lipinski definition) is 1. The number of aromatic nitrogens is 1. The molecule has 0 radical (unpaired) electrons. The minimum absolute atomic E-state index is 0.0111. The third-order valence-electron chi connectivity index (χ3n) is 4.09. The number of benzene rings is 1. The zero-order valence-electron chi connectivity index (χ0n) is 14.4. The Morgan fingerprint density at radius 3 is 2.70 bits per heavy atom. The van der Waals surface area contributed by atoms with Gasteiger partial charge >= 0.3 is 5.97 Å². The van der Waals surface area contributed by atoms with Gasteiger partial charge in [0.2, 0.25) is 0 Å². The number of sulfonamides is 1. The lowest BCUT2D eigenvalue weighted by molar-refractivity contribution is 0.0600. The van der Waals surface area contributed by atoms with Crippen LogP contribution in [0.25, 0.3) is 0 Å². The number of rotatable bonds is 6. The molecule has 0 spiro atoms. The highest BCUT2D eigenvalue weighted by Gasteiger charge is 2.23. The number of halogens is 2. The van der Waals surface area contributed by atoms with Crippen molar-refractivity contribution in [2.45, 2.75) is 24.4 Å². The van der Waals surface area contributed by atoms with E-state index in [9.17, 15) is 22.0 Å². The molecule has 0 atom stereocenters. The molecule has 27 heavy (non-hydrogen) atoms. The maximum Gasteiger partial charge on any atom is 0.339 e. The molecule has 144 valence electrons. The Hall–Kier alpha value is -2.59. The number of anilines is 1. The molecule has 1 aromatic heterocycles. The molecule has 1 aromatic carbocycles. The smallest absolute Gasteiger partial charge is 0.339 e. The van der Waals surface area contributed by atoms with Crippen molar-refractivity contribution in [3.05, 3.63) is 53.3 Å². The third kappa shape index (κ3) is 4.40. The zero-order valence-corrected chi connectivity index (χ0v) is 15.2. The molecule has 2 heterocycles. The Labute approximate surface area is 155 Å². The molecular weight excluding hydrogens is 380 g/mol. The maximum atomic E-state index is 12.6. The summed E-state index contributed by atoms with van der Waals surface area (Å²) in [4.78, 5) is 16.7. The van der Waals surface area contributed by atoms with Gasteiger partial charge in [0.25, 0.3) is 16.4 Å². The van der Waals surface area contributed by atoms with Crippen LogP contribution in [0.5, 0.6) is 0 Å². The van der Waals surface area contributed by atoms with Crippen molar-refractivity contribution in [1.29, 1.82) is 0 Å². The first kappa shape index (κ1) is 19.2. The molecule has 0 fully saturated rings. The number of nitrogens with zero attached hydrogens (tertiary/aromatic N) is 2. The van der Waals surface area contributed by atoms with E-state index in [1.54, 1.807) is 23.1 Å². The van der Waals surface area contributed by atoms with Gasteiger partial charge in [-0.25, -0.2) is 22.0 Å². The highest BCUT2D eigenvalue weighted by molar-refractivity contribution is 7.92. The molecule has 1 aliphatic rings. The third-order valence-corrected chi connectivity index (χ3v) is 5.44. The average Bonchev–Trinajstić information content (AvgIpc) is 3.01. The Kier molecular flexibility index (Phi) is 5.38. The number of fused-ring (bicyclic) bond motifs is 1. The highest BCUT2D eigenvalue weighted by Crippen LogP contribution is 2.27. The van der Waals surface area contributed by atoms with E-state index < -0.39 is 22.4 Å². The highest BCUT2D eigenvalue weighted by atomic mass is 32.2. The van der Waals surface area contributed by atoms with Crippen LogP contribution in [0.1, 0.15) is 21.5 Å². The van der Waals surface area contributed by atoms with E-state index in [0.717, 1.165) is 17.3 Å². The van der Waals surface area contributed by atoms with Crippen LogP contribution in [-0.2, 0) is 27.8 Å². The van der Waals surface area contributed by atoms with E-state index in [1.807, 2.05) is 0 Å². The van der Waals surface area contributed by atoms with Gasteiger partial charge in [0.1, 0.15) is 4.90 Å². The van der Waals surface area contributed by atoms with Crippen molar-refractivity contribution >= 4 is 21.7 Å². The van der Waals surface area contributed by atoms with Crippen LogP contribution in [0.3, 0.4) is 0 Å². The van der Waals surface area contributed by atoms with Gasteiger partial charge in [-0.15, -0.1) is 0 Å². The molecule has 0 bridgehead atoms. The standard InChI is InChI=1S/C17H17F2N3O4S/c1-26-17(23)12-5-15(7-20-6-12)27(24,25)21-14-3-2-11-8-22(10-16(18)19)9-13(11)4-14/h2-7,16,21H,8-10H2,1H3. The molecule has 0 saturated carbocycles. The topological polar surface area (TPSA) is 88.6 Å². The van der Waals surface area contributed by atoms with E-state index in [-0.39, 0.29) is 17.0 Å². The van der Waals surface area contributed by atoms with Crippen LogP contribution in [0.2, 0.25) is 0 Å². The molecule has 10 heteroatoms. The number of hydrogen-bond acceptors (Lipinski definition) is 6. The molecule has 7 nitrogen and oxygen atoms in total. The molecule has 0 unspecified atom stereocenters. The van der Waals surface area contributed by atoms with E-state index in [1.165, 1.54) is 19.4 Å². The summed E-state index contributed by atoms with van der Waals surface area (Å²) in [7, 11) is -2.80. The summed E-state index contributed by atoms with van der Waals surface area (Å²) in [5.74, 6) is -0.698. The zero-order chi connectivity index (χ0) is 19.6. The second-order valence-electron chi connectivity index (χ2n) is 6.05. The van der Waals surface area contributed by atoms with Crippen molar-refractivity contribution in [3.8, 4) is 0 Å². The summed E-state index contributed by atoms with van der Waals surface area (Å²) in [6.07, 6.45) is -0.100. The molecule has 0 saturated heterocycles. The second-order valence-corrected chi connectivity index (χ2v) is 7.73. The van der Waals surface area contributed by atoms with Crippen LogP contribution in [0.4, 0.5) is 14.5 Å². The van der Waals surface area contributed by atoms with Crippen LogP contribution in [-0.4, -0.2) is 44.4 Å². The van der Waals surface area contributed by atoms with Gasteiger partial charge < -0.3 is 4.74 Å². The predicted octanol–water partition coefficient (Wildman–Crippen LogP) is 2.25. The lowest BCUT2D eigenvalue weighted by Crippen LogP contribution is -2.22. The Morgan fingerprint density at radius 1 is 1.26 bits per heavy atom. The van der Waals surface area contributed by atoms with Crippen LogP contribution in [0, 0.1) is 0 Å². The summed E-state index contributed by atoms with van der Waals surface area (Å²) in [6, 6.07) is 6.07. The van der Waals surface area contributed by atoms with Gasteiger partial charge in [0.05, 0.1) is 19.2 Å². The van der Waals surface area contributed by atoms with Crippen molar-refractivity contribution in [1.82, 2.24) is 9.88 Å². The first-order valence-corrected chi connectivity index (χ1v) is 9.45. The van der Waals surface area contributed by atoms with E-state index in [0.29, 0.717) is 18.8 Å². The van der Waals surface area contributed by atoms with Gasteiger partial charge in [-0.1, -0.05) is 6.07 Å². The fraction of sp³-hybridized carbons (Fsp3) is 0.294. The Bertz CT molecular complexity index is 966. The summed E-state index contributed by atoms with van der Waals surface area (Å²) in [6.45, 7) is 0.397. The monoisotopic (exact) mass is 397 g/mol. The number of pyridine rings is 1. The number of carbonyl (C=O) groups is 1. The first-order chi connectivity index (χ1) is 12.8. The van der Waals surface area contributed by atoms with E-state index in [4.69, 9.17) is 0 Å². The number of esters is 1. The van der Waals surface area contributed by atoms with Gasteiger partial charge in [-0.3, -0.25) is 14.6 Å². The van der Waals surface area contributed by atoms with Gasteiger partial charge in [0, 0.05) is 31.2 Å². The average molecular weight is 397 g/mol. The number of carbonyl (C=O) groups excluding carboxylic acids is 1. The number of alkyl halides is 2. The van der Waals surface area contributed by atoms with E-state index in [2.05, 4.69) is 14.4 Å². The molecule has 1 N–H and O–H groups in total. The van der Waals surface area contributed by atoms with Crippen molar-refractivity contribution < 1.29 is 26.7 Å². The molecule has 0 amide bonds. The van der Waals surface area contributed by atoms with Crippen molar-refractivity contribution in [2.75, 3.05) is 18.4 Å². The quantitative estimate of drug-likeness (QED) is 0.753. The normalized spacial score (nSPS) is 14.2. The van der Waals surface area contributed by atoms with Crippen molar-refractivity contribution in [2.24, 2.45) is 0 Å². The molecule has 0 aliphatic carbocycles. The summed E-state index contributed by atoms with van der Waals surface area (Å²) in [5, 5.41) is 0. The molecular formula is C17H17F2N3O4S. The summed E-state index contributed by atoms with van der Waals surface area (Å²) in [5.41, 5.74) is 1.98. The number of nitrogens with one attached hydrogen (secondary N) is 1. The Balaban J connectivity index is 1.79. The largest absolute Gasteiger partial charge is 0.465 e. The maximum absolute atomic E-state index is 12.6. The molecule has 2 aromatic rings. The van der Waals surface area contributed by atoms with E-state index >= 15 is 0 Å². The van der Waals surface area contributed by atoms with Crippen LogP contribution in [0.15, 0.2) is 41.6 Å². The summed E-state index contributed by atoms with van der Waals surface area (Å²) < 4.78 is 57.2. The lowest BCUT2D eigenvalue weighted by Gasteiger charge is -2.13. The fourth-order valence-corrected chi connectivity index (χ4v) is 3.90. The van der Waals surface area contributed by atoms with Gasteiger partial charge in [-0.2, -0.15) is 0 Å². The minimum Gasteiger partial charge on any atom is -0.465 e. The fourth-order valence-electron chi connectivity index (χ4n) is 2.86. The number of ether oxygens (including phenoxy) is 1. The molecule has 1 aliphatic heterocycles. The van der Waals surface area contributed by atoms with Gasteiger partial charge in [-0.05, 0) is 29.3 Å². The van der Waals surface area contributed by atoms with Crippen LogP contribution >= 0.6 is 0 Å². The van der Waals surface area contributed by atoms with Crippen molar-refractivity contribution in [3.63, 3.8) is 0 Å². The summed E-state index contributed by atoms with van der Waals surface area (Å²) >= 11 is 0.